The number of nitrogens with zero attached hydrogens (tertiary/aromatic N) is 2. The molecule has 3 aliphatic carbocycles. The van der Waals surface area contributed by atoms with Gasteiger partial charge in [0.2, 0.25) is 0 Å². The highest BCUT2D eigenvalue weighted by molar-refractivity contribution is 5.92. The summed E-state index contributed by atoms with van der Waals surface area (Å²) in [6, 6.07) is 0.111. The molecule has 1 amide bonds. The molecule has 2 saturated carbocycles. The number of nitrogens with one attached hydrogen (secondary N) is 1. The maximum Gasteiger partial charge on any atom is 0.306 e. The normalized spacial score (nSPS) is 32.0. The fourth-order valence-corrected chi connectivity index (χ4v) is 3.62. The number of carbonyl (C=O) groups is 2. The summed E-state index contributed by atoms with van der Waals surface area (Å²) in [7, 11) is 0. The molecule has 4 rings (SSSR count). The van der Waals surface area contributed by atoms with E-state index < -0.39 is 5.97 Å². The summed E-state index contributed by atoms with van der Waals surface area (Å²) >= 11 is 0. The van der Waals surface area contributed by atoms with Crippen LogP contribution in [-0.4, -0.2) is 33.0 Å². The maximum absolute atomic E-state index is 12.3. The molecule has 2 fully saturated rings. The van der Waals surface area contributed by atoms with Gasteiger partial charge in [-0.15, -0.1) is 0 Å². The number of hydrogen-bond donors (Lipinski definition) is 2. The highest BCUT2D eigenvalue weighted by Gasteiger charge is 2.56. The first-order valence-electron chi connectivity index (χ1n) is 8.02. The molecule has 3 aliphatic rings. The van der Waals surface area contributed by atoms with Crippen molar-refractivity contribution in [3.8, 4) is 0 Å². The Kier molecular flexibility index (Phi) is 3.13. The molecule has 0 bridgehead atoms. The van der Waals surface area contributed by atoms with Gasteiger partial charge in [0, 0.05) is 6.04 Å². The van der Waals surface area contributed by atoms with Crippen LogP contribution in [0.1, 0.15) is 47.6 Å². The summed E-state index contributed by atoms with van der Waals surface area (Å²) in [6.45, 7) is 0. The van der Waals surface area contributed by atoms with Gasteiger partial charge in [-0.2, -0.15) is 0 Å². The van der Waals surface area contributed by atoms with Gasteiger partial charge in [0.05, 0.1) is 23.5 Å². The Morgan fingerprint density at radius 3 is 2.64 bits per heavy atom. The van der Waals surface area contributed by atoms with Crippen molar-refractivity contribution < 1.29 is 14.7 Å². The molecule has 116 valence electrons. The van der Waals surface area contributed by atoms with Gasteiger partial charge in [-0.25, -0.2) is 4.98 Å². The van der Waals surface area contributed by atoms with E-state index >= 15 is 0 Å². The van der Waals surface area contributed by atoms with E-state index in [4.69, 9.17) is 5.11 Å². The second-order valence-corrected chi connectivity index (χ2v) is 6.68. The molecule has 0 saturated heterocycles. The predicted molar refractivity (Wildman–Crippen MR) is 77.3 cm³/mol. The lowest BCUT2D eigenvalue weighted by molar-refractivity contribution is -0.138. The Morgan fingerprint density at radius 1 is 1.14 bits per heavy atom. The molecule has 0 aromatic carbocycles. The number of fused-ring (bicyclic) bond motifs is 1. The number of carboxylic acids is 1. The van der Waals surface area contributed by atoms with Crippen molar-refractivity contribution in [1.29, 1.82) is 0 Å². The van der Waals surface area contributed by atoms with E-state index in [1.165, 1.54) is 0 Å². The van der Waals surface area contributed by atoms with E-state index in [0.717, 1.165) is 49.9 Å². The molecule has 1 aromatic heterocycles. The zero-order valence-corrected chi connectivity index (χ0v) is 12.3. The maximum atomic E-state index is 12.3. The Labute approximate surface area is 128 Å². The van der Waals surface area contributed by atoms with Gasteiger partial charge in [0.15, 0.2) is 0 Å². The number of carboxylic acid groups (broad SMARTS) is 1. The molecule has 2 N–H and O–H groups in total. The summed E-state index contributed by atoms with van der Waals surface area (Å²) in [5.41, 5.74) is 2.37. The van der Waals surface area contributed by atoms with Crippen LogP contribution in [0.25, 0.3) is 0 Å². The van der Waals surface area contributed by atoms with Crippen molar-refractivity contribution >= 4 is 11.9 Å². The van der Waals surface area contributed by atoms with Crippen LogP contribution in [0.4, 0.5) is 0 Å². The Balaban J connectivity index is 1.36. The average molecular weight is 301 g/mol. The minimum Gasteiger partial charge on any atom is -0.481 e. The second-order valence-electron chi connectivity index (χ2n) is 6.68. The molecule has 1 aromatic rings. The lowest BCUT2D eigenvalue weighted by Crippen LogP contribution is -2.29. The van der Waals surface area contributed by atoms with Crippen LogP contribution in [0.5, 0.6) is 0 Å². The van der Waals surface area contributed by atoms with Crippen LogP contribution >= 0.6 is 0 Å². The van der Waals surface area contributed by atoms with Crippen molar-refractivity contribution in [2.24, 2.45) is 17.8 Å². The van der Waals surface area contributed by atoms with E-state index in [-0.39, 0.29) is 23.8 Å². The number of hydrogen-bond acceptors (Lipinski definition) is 4. The number of aromatic nitrogens is 2. The molecule has 4 atom stereocenters. The zero-order valence-electron chi connectivity index (χ0n) is 12.3. The minimum atomic E-state index is -0.706. The van der Waals surface area contributed by atoms with Crippen molar-refractivity contribution in [3.63, 3.8) is 0 Å². The van der Waals surface area contributed by atoms with Crippen LogP contribution in [0.15, 0.2) is 6.20 Å². The zero-order chi connectivity index (χ0) is 15.3. The lowest BCUT2D eigenvalue weighted by atomic mass is 10.0. The fourth-order valence-electron chi connectivity index (χ4n) is 3.62. The van der Waals surface area contributed by atoms with E-state index in [2.05, 4.69) is 15.3 Å². The van der Waals surface area contributed by atoms with Gasteiger partial charge in [-0.3, -0.25) is 14.6 Å². The molecular weight excluding hydrogens is 282 g/mol. The van der Waals surface area contributed by atoms with Crippen molar-refractivity contribution in [1.82, 2.24) is 15.3 Å². The Morgan fingerprint density at radius 2 is 1.91 bits per heavy atom. The van der Waals surface area contributed by atoms with Gasteiger partial charge >= 0.3 is 5.97 Å². The van der Waals surface area contributed by atoms with Crippen LogP contribution in [0, 0.1) is 17.8 Å². The van der Waals surface area contributed by atoms with Crippen LogP contribution in [0.2, 0.25) is 0 Å². The number of carbonyl (C=O) groups excluding carboxylic acids is 1. The summed E-state index contributed by atoms with van der Waals surface area (Å²) < 4.78 is 0. The molecule has 0 aliphatic heterocycles. The highest BCUT2D eigenvalue weighted by Crippen LogP contribution is 2.54. The molecule has 1 heterocycles. The van der Waals surface area contributed by atoms with E-state index in [1.807, 2.05) is 0 Å². The summed E-state index contributed by atoms with van der Waals surface area (Å²) in [5.74, 6) is -0.507. The minimum absolute atomic E-state index is 0.111. The highest BCUT2D eigenvalue weighted by atomic mass is 16.4. The number of rotatable bonds is 4. The van der Waals surface area contributed by atoms with E-state index in [1.54, 1.807) is 6.20 Å². The molecular formula is C16H19N3O3. The number of amides is 1. The smallest absolute Gasteiger partial charge is 0.306 e. The first-order chi connectivity index (χ1) is 10.6. The third kappa shape index (κ3) is 2.46. The van der Waals surface area contributed by atoms with Crippen LogP contribution < -0.4 is 5.32 Å². The van der Waals surface area contributed by atoms with Gasteiger partial charge in [-0.05, 0) is 50.4 Å². The molecule has 6 nitrogen and oxygen atoms in total. The largest absolute Gasteiger partial charge is 0.481 e. The first kappa shape index (κ1) is 13.7. The number of aryl methyl sites for hydroxylation is 2. The van der Waals surface area contributed by atoms with Gasteiger partial charge < -0.3 is 10.4 Å². The van der Waals surface area contributed by atoms with Crippen LogP contribution in [-0.2, 0) is 17.6 Å². The summed E-state index contributed by atoms with van der Waals surface area (Å²) in [5, 5.41) is 11.9. The first-order valence-corrected chi connectivity index (χ1v) is 8.02. The SMILES string of the molecule is O=C(N[C@H]1C[C@H]1[C@H]1C[C@H]1C(=O)O)c1cnc2c(n1)CCCC2. The molecule has 0 radical (unpaired) electrons. The van der Waals surface area contributed by atoms with Crippen molar-refractivity contribution in [2.75, 3.05) is 0 Å². The van der Waals surface area contributed by atoms with Crippen molar-refractivity contribution in [2.45, 2.75) is 44.6 Å². The van der Waals surface area contributed by atoms with Gasteiger partial charge in [0.25, 0.3) is 5.91 Å². The van der Waals surface area contributed by atoms with Crippen molar-refractivity contribution in [3.05, 3.63) is 23.3 Å². The summed E-state index contributed by atoms with van der Waals surface area (Å²) in [6.07, 6.45) is 7.31. The topological polar surface area (TPSA) is 92.2 Å². The quantitative estimate of drug-likeness (QED) is 0.871. The van der Waals surface area contributed by atoms with E-state index in [0.29, 0.717) is 11.6 Å². The van der Waals surface area contributed by atoms with E-state index in [9.17, 15) is 9.59 Å². The lowest BCUT2D eigenvalue weighted by Gasteiger charge is -2.14. The third-order valence-electron chi connectivity index (χ3n) is 5.10. The molecule has 6 heteroatoms. The second kappa shape index (κ2) is 5.04. The molecule has 0 spiro atoms. The summed E-state index contributed by atoms with van der Waals surface area (Å²) in [4.78, 5) is 32.0. The standard InChI is InChI=1S/C16H19N3O3/c20-15(14-7-17-11-3-1-2-4-12(11)18-14)19-13-6-9(13)8-5-10(8)16(21)22/h7-10,13H,1-6H2,(H,19,20)(H,21,22)/t8-,9+,10-,13+/m1/s1. The molecule has 22 heavy (non-hydrogen) atoms. The Bertz CT molecular complexity index is 646. The monoisotopic (exact) mass is 301 g/mol. The third-order valence-corrected chi connectivity index (χ3v) is 5.10. The average Bonchev–Trinajstić information content (AvgIpc) is 3.40. The Hall–Kier alpha value is -1.98. The molecule has 0 unspecified atom stereocenters. The predicted octanol–water partition coefficient (Wildman–Crippen LogP) is 1.19. The fraction of sp³-hybridized carbons (Fsp3) is 0.625. The number of aliphatic carboxylic acids is 1. The van der Waals surface area contributed by atoms with Gasteiger partial charge in [0.1, 0.15) is 5.69 Å². The van der Waals surface area contributed by atoms with Gasteiger partial charge in [-0.1, -0.05) is 0 Å². The van der Waals surface area contributed by atoms with Crippen LogP contribution in [0.3, 0.4) is 0 Å².